The number of carbonyl (C=O) groups excluding carboxylic acids is 1. The molecule has 1 saturated carbocycles. The topological polar surface area (TPSA) is 37.3 Å². The van der Waals surface area contributed by atoms with Crippen molar-refractivity contribution in [3.8, 4) is 0 Å². The van der Waals surface area contributed by atoms with Crippen LogP contribution >= 0.6 is 0 Å². The van der Waals surface area contributed by atoms with Gasteiger partial charge in [-0.3, -0.25) is 4.79 Å². The first-order valence-corrected chi connectivity index (χ1v) is 9.92. The van der Waals surface area contributed by atoms with E-state index >= 15 is 0 Å². The summed E-state index contributed by atoms with van der Waals surface area (Å²) >= 11 is 0. The fraction of sp³-hybridized carbons (Fsp3) is 0.773. The molecule has 0 amide bonds. The Hall–Kier alpha value is -0.890. The van der Waals surface area contributed by atoms with Gasteiger partial charge in [-0.2, -0.15) is 0 Å². The van der Waals surface area contributed by atoms with Crippen LogP contribution in [0.5, 0.6) is 0 Å². The second-order valence-electron chi connectivity index (χ2n) is 8.91. The molecule has 0 bridgehead atoms. The van der Waals surface area contributed by atoms with Gasteiger partial charge in [-0.15, -0.1) is 0 Å². The van der Waals surface area contributed by atoms with Gasteiger partial charge in [0.2, 0.25) is 0 Å². The summed E-state index contributed by atoms with van der Waals surface area (Å²) in [6, 6.07) is 0. The largest absolute Gasteiger partial charge is 0.396 e. The van der Waals surface area contributed by atoms with E-state index in [1.807, 2.05) is 6.08 Å². The average Bonchev–Trinajstić information content (AvgIpc) is 2.55. The monoisotopic (exact) mass is 330 g/mol. The Labute approximate surface area is 147 Å². The van der Waals surface area contributed by atoms with Crippen molar-refractivity contribution in [2.24, 2.45) is 28.6 Å². The molecule has 0 spiro atoms. The Morgan fingerprint density at radius 3 is 2.75 bits per heavy atom. The van der Waals surface area contributed by atoms with Gasteiger partial charge in [0.1, 0.15) is 0 Å². The summed E-state index contributed by atoms with van der Waals surface area (Å²) in [5.41, 5.74) is 3.44. The molecule has 0 saturated heterocycles. The van der Waals surface area contributed by atoms with E-state index in [1.165, 1.54) is 18.4 Å². The minimum atomic E-state index is 0.131. The molecule has 2 heteroatoms. The number of carbonyl (C=O) groups is 1. The van der Waals surface area contributed by atoms with E-state index in [1.54, 1.807) is 5.57 Å². The highest BCUT2D eigenvalue weighted by Crippen LogP contribution is 2.61. The Morgan fingerprint density at radius 1 is 1.33 bits per heavy atom. The first kappa shape index (κ1) is 17.9. The number of hydrogen-bond donors (Lipinski definition) is 1. The van der Waals surface area contributed by atoms with Gasteiger partial charge in [0, 0.05) is 18.4 Å². The van der Waals surface area contributed by atoms with Crippen LogP contribution in [0.4, 0.5) is 0 Å². The molecule has 1 fully saturated rings. The lowest BCUT2D eigenvalue weighted by Gasteiger charge is -2.56. The van der Waals surface area contributed by atoms with Crippen LogP contribution in [0.15, 0.2) is 23.3 Å². The smallest absolute Gasteiger partial charge is 0.155 e. The molecule has 1 N–H and O–H groups in total. The fourth-order valence-corrected chi connectivity index (χ4v) is 6.09. The van der Waals surface area contributed by atoms with E-state index in [0.29, 0.717) is 36.6 Å². The Kier molecular flexibility index (Phi) is 4.81. The van der Waals surface area contributed by atoms with Crippen LogP contribution in [-0.4, -0.2) is 17.5 Å². The van der Waals surface area contributed by atoms with Gasteiger partial charge in [0.25, 0.3) is 0 Å². The van der Waals surface area contributed by atoms with Crippen LogP contribution < -0.4 is 0 Å². The summed E-state index contributed by atoms with van der Waals surface area (Å²) in [6.07, 6.45) is 11.7. The minimum Gasteiger partial charge on any atom is -0.396 e. The highest BCUT2D eigenvalue weighted by Gasteiger charge is 2.51. The molecule has 3 rings (SSSR count). The Balaban J connectivity index is 1.98. The number of ketones is 1. The van der Waals surface area contributed by atoms with Crippen molar-refractivity contribution in [3.05, 3.63) is 23.3 Å². The fourth-order valence-electron chi connectivity index (χ4n) is 6.09. The quantitative estimate of drug-likeness (QED) is 0.730. The lowest BCUT2D eigenvalue weighted by atomic mass is 9.49. The minimum absolute atomic E-state index is 0.131. The molecular formula is C22H34O2. The summed E-state index contributed by atoms with van der Waals surface area (Å²) in [5.74, 6) is 2.22. The normalized spacial score (nSPS) is 40.3. The maximum absolute atomic E-state index is 11.9. The molecule has 0 radical (unpaired) electrons. The molecule has 5 atom stereocenters. The maximum atomic E-state index is 11.9. The Morgan fingerprint density at radius 2 is 2.08 bits per heavy atom. The van der Waals surface area contributed by atoms with Gasteiger partial charge in [-0.25, -0.2) is 0 Å². The number of rotatable bonds is 4. The van der Waals surface area contributed by atoms with Crippen molar-refractivity contribution in [1.29, 1.82) is 0 Å². The van der Waals surface area contributed by atoms with Crippen molar-refractivity contribution < 1.29 is 9.90 Å². The first-order chi connectivity index (χ1) is 11.4. The molecule has 0 aromatic heterocycles. The Bertz CT molecular complexity index is 573. The van der Waals surface area contributed by atoms with E-state index < -0.39 is 0 Å². The zero-order chi connectivity index (χ0) is 17.5. The third-order valence-corrected chi connectivity index (χ3v) is 7.90. The van der Waals surface area contributed by atoms with Gasteiger partial charge in [-0.1, -0.05) is 51.3 Å². The van der Waals surface area contributed by atoms with Gasteiger partial charge in [-0.05, 0) is 61.3 Å². The second-order valence-corrected chi connectivity index (χ2v) is 8.91. The maximum Gasteiger partial charge on any atom is 0.155 e. The molecule has 134 valence electrons. The summed E-state index contributed by atoms with van der Waals surface area (Å²) < 4.78 is 0. The zero-order valence-corrected chi connectivity index (χ0v) is 15.9. The van der Waals surface area contributed by atoms with E-state index in [-0.39, 0.29) is 10.8 Å². The molecular weight excluding hydrogens is 296 g/mol. The van der Waals surface area contributed by atoms with Gasteiger partial charge in [0.05, 0.1) is 0 Å². The third-order valence-electron chi connectivity index (χ3n) is 7.90. The van der Waals surface area contributed by atoms with Crippen LogP contribution in [0.3, 0.4) is 0 Å². The molecule has 3 aliphatic rings. The van der Waals surface area contributed by atoms with Crippen molar-refractivity contribution in [1.82, 2.24) is 0 Å². The lowest BCUT2D eigenvalue weighted by Crippen LogP contribution is -2.47. The van der Waals surface area contributed by atoms with Crippen molar-refractivity contribution >= 4 is 5.78 Å². The van der Waals surface area contributed by atoms with Crippen LogP contribution in [0.2, 0.25) is 0 Å². The molecule has 0 aromatic carbocycles. The van der Waals surface area contributed by atoms with Gasteiger partial charge < -0.3 is 5.11 Å². The zero-order valence-electron chi connectivity index (χ0n) is 15.9. The summed E-state index contributed by atoms with van der Waals surface area (Å²) in [7, 11) is 0. The highest BCUT2D eigenvalue weighted by molar-refractivity contribution is 5.92. The van der Waals surface area contributed by atoms with E-state index in [4.69, 9.17) is 0 Å². The van der Waals surface area contributed by atoms with E-state index in [2.05, 4.69) is 33.8 Å². The van der Waals surface area contributed by atoms with Crippen LogP contribution in [0.1, 0.15) is 72.6 Å². The van der Waals surface area contributed by atoms with E-state index in [9.17, 15) is 9.90 Å². The standard InChI is InChI=1S/C22H34O2/c1-5-19-18-7-6-16-14-17(24)8-11-22(16,4)20(18)9-12-21(19,3)15(2)10-13-23/h9,14-15,18-19,23H,5-8,10-13H2,1-4H3. The third kappa shape index (κ3) is 2.62. The molecule has 3 aliphatic carbocycles. The SMILES string of the molecule is CCC1C2CCC3=CC(=O)CCC3(C)C2=CCC1(C)C(C)CCO. The van der Waals surface area contributed by atoms with Gasteiger partial charge in [0.15, 0.2) is 5.78 Å². The molecule has 5 unspecified atom stereocenters. The van der Waals surface area contributed by atoms with Crippen molar-refractivity contribution in [2.45, 2.75) is 72.6 Å². The molecule has 24 heavy (non-hydrogen) atoms. The molecule has 2 nitrogen and oxygen atoms in total. The predicted molar refractivity (Wildman–Crippen MR) is 98.6 cm³/mol. The van der Waals surface area contributed by atoms with E-state index in [0.717, 1.165) is 25.7 Å². The molecule has 0 aromatic rings. The van der Waals surface area contributed by atoms with Crippen LogP contribution in [0.25, 0.3) is 0 Å². The molecule has 0 aliphatic heterocycles. The molecule has 0 heterocycles. The number of hydrogen-bond acceptors (Lipinski definition) is 2. The first-order valence-electron chi connectivity index (χ1n) is 9.92. The van der Waals surface area contributed by atoms with Crippen molar-refractivity contribution in [2.75, 3.05) is 6.61 Å². The van der Waals surface area contributed by atoms with Gasteiger partial charge >= 0.3 is 0 Å². The number of allylic oxidation sites excluding steroid dienone is 4. The average molecular weight is 331 g/mol. The number of fused-ring (bicyclic) bond motifs is 3. The summed E-state index contributed by atoms with van der Waals surface area (Å²) in [4.78, 5) is 11.9. The number of aliphatic hydroxyl groups excluding tert-OH is 1. The lowest BCUT2D eigenvalue weighted by molar-refractivity contribution is -0.115. The highest BCUT2D eigenvalue weighted by atomic mass is 16.3. The summed E-state index contributed by atoms with van der Waals surface area (Å²) in [6.45, 7) is 9.80. The second kappa shape index (κ2) is 6.44. The predicted octanol–water partition coefficient (Wildman–Crippen LogP) is 5.07. The van der Waals surface area contributed by atoms with Crippen LogP contribution in [-0.2, 0) is 4.79 Å². The van der Waals surface area contributed by atoms with Crippen molar-refractivity contribution in [3.63, 3.8) is 0 Å². The van der Waals surface area contributed by atoms with Crippen LogP contribution in [0, 0.1) is 28.6 Å². The summed E-state index contributed by atoms with van der Waals surface area (Å²) in [5, 5.41) is 9.44. The number of aliphatic hydroxyl groups is 1.